The van der Waals surface area contributed by atoms with Crippen LogP contribution < -0.4 is 5.73 Å². The molecule has 4 rings (SSSR count). The van der Waals surface area contributed by atoms with Gasteiger partial charge >= 0.3 is 0 Å². The lowest BCUT2D eigenvalue weighted by Crippen LogP contribution is -2.32. The minimum atomic E-state index is 0.125. The van der Waals surface area contributed by atoms with Crippen LogP contribution in [0.4, 0.5) is 0 Å². The van der Waals surface area contributed by atoms with E-state index < -0.39 is 0 Å². The van der Waals surface area contributed by atoms with Crippen LogP contribution in [0, 0.1) is 0 Å². The molecule has 0 saturated carbocycles. The molecule has 0 amide bonds. The number of hydrogen-bond acceptors (Lipinski definition) is 3. The number of nitrogens with two attached hydrogens (primary N) is 1. The molecule has 152 valence electrons. The Morgan fingerprint density at radius 3 is 2.20 bits per heavy atom. The number of rotatable bonds is 5. The van der Waals surface area contributed by atoms with Gasteiger partial charge in [-0.25, -0.2) is 5.01 Å². The highest BCUT2D eigenvalue weighted by molar-refractivity contribution is 6.31. The first-order chi connectivity index (χ1) is 14.6. The van der Waals surface area contributed by atoms with Crippen molar-refractivity contribution in [2.75, 3.05) is 13.1 Å². The molecule has 0 radical (unpaired) electrons. The third kappa shape index (κ3) is 4.73. The van der Waals surface area contributed by atoms with Gasteiger partial charge in [0.25, 0.3) is 0 Å². The zero-order chi connectivity index (χ0) is 20.9. The van der Waals surface area contributed by atoms with E-state index in [4.69, 9.17) is 39.0 Å². The zero-order valence-corrected chi connectivity index (χ0v) is 17.9. The van der Waals surface area contributed by atoms with Crippen LogP contribution in [0.15, 0.2) is 89.0 Å². The average molecular weight is 437 g/mol. The number of halogens is 2. The molecule has 30 heavy (non-hydrogen) atoms. The van der Waals surface area contributed by atoms with Crippen LogP contribution in [-0.2, 0) is 6.54 Å². The Bertz CT molecular complexity index is 1040. The number of hydrazone groups is 1. The first-order valence-electron chi connectivity index (χ1n) is 9.79. The molecular formula is C24H22Cl2N4. The molecule has 3 aromatic carbocycles. The van der Waals surface area contributed by atoms with E-state index in [2.05, 4.69) is 24.3 Å². The summed E-state index contributed by atoms with van der Waals surface area (Å²) in [5, 5.41) is 8.26. The second-order valence-corrected chi connectivity index (χ2v) is 7.97. The van der Waals surface area contributed by atoms with E-state index in [-0.39, 0.29) is 5.92 Å². The van der Waals surface area contributed by atoms with Crippen LogP contribution in [0.5, 0.6) is 0 Å². The standard InChI is InChI=1S/C24H22Cl2N4/c25-20-10-6-17(7-11-20)15-28-23(14-27)30-16-22(18-4-2-1-3-5-18)24(29-30)19-8-12-21(26)13-9-19/h1-13,22H,14-16,27H2/b28-23+. The molecule has 3 aromatic rings. The van der Waals surface area contributed by atoms with Crippen LogP contribution in [0.25, 0.3) is 0 Å². The normalized spacial score (nSPS) is 16.6. The first kappa shape index (κ1) is 20.6. The third-order valence-corrected chi connectivity index (χ3v) is 5.60. The number of nitrogens with zero attached hydrogens (tertiary/aromatic N) is 3. The van der Waals surface area contributed by atoms with E-state index in [1.165, 1.54) is 5.56 Å². The predicted octanol–water partition coefficient (Wildman–Crippen LogP) is 5.35. The van der Waals surface area contributed by atoms with Crippen molar-refractivity contribution < 1.29 is 0 Å². The van der Waals surface area contributed by atoms with E-state index in [1.54, 1.807) is 0 Å². The second-order valence-electron chi connectivity index (χ2n) is 7.10. The molecule has 2 N–H and O–H groups in total. The maximum atomic E-state index is 6.09. The maximum absolute atomic E-state index is 6.09. The molecular weight excluding hydrogens is 415 g/mol. The molecule has 0 aromatic heterocycles. The van der Waals surface area contributed by atoms with Crippen molar-refractivity contribution >= 4 is 34.7 Å². The van der Waals surface area contributed by atoms with Crippen molar-refractivity contribution in [1.29, 1.82) is 0 Å². The molecule has 1 aliphatic rings. The van der Waals surface area contributed by atoms with Crippen molar-refractivity contribution in [3.05, 3.63) is 106 Å². The Hall–Kier alpha value is -2.66. The molecule has 6 heteroatoms. The zero-order valence-electron chi connectivity index (χ0n) is 16.4. The fraction of sp³-hybridized carbons (Fsp3) is 0.167. The number of amidine groups is 1. The van der Waals surface area contributed by atoms with Crippen LogP contribution in [0.3, 0.4) is 0 Å². The molecule has 0 saturated heterocycles. The quantitative estimate of drug-likeness (QED) is 0.432. The number of aliphatic imine (C=N–C) groups is 1. The van der Waals surface area contributed by atoms with Gasteiger partial charge in [-0.1, -0.05) is 77.8 Å². The molecule has 1 unspecified atom stereocenters. The van der Waals surface area contributed by atoms with Gasteiger partial charge in [-0.3, -0.25) is 4.99 Å². The fourth-order valence-electron chi connectivity index (χ4n) is 3.52. The van der Waals surface area contributed by atoms with E-state index >= 15 is 0 Å². The van der Waals surface area contributed by atoms with Gasteiger partial charge in [0, 0.05) is 16.0 Å². The van der Waals surface area contributed by atoms with Gasteiger partial charge in [0.1, 0.15) is 5.84 Å². The summed E-state index contributed by atoms with van der Waals surface area (Å²) in [5.41, 5.74) is 10.4. The van der Waals surface area contributed by atoms with Crippen molar-refractivity contribution in [2.24, 2.45) is 15.8 Å². The minimum Gasteiger partial charge on any atom is -0.324 e. The van der Waals surface area contributed by atoms with E-state index in [0.717, 1.165) is 22.7 Å². The fourth-order valence-corrected chi connectivity index (χ4v) is 3.77. The summed E-state index contributed by atoms with van der Waals surface area (Å²) < 4.78 is 0. The Balaban J connectivity index is 1.64. The van der Waals surface area contributed by atoms with E-state index in [9.17, 15) is 0 Å². The van der Waals surface area contributed by atoms with Gasteiger partial charge in [-0.2, -0.15) is 5.10 Å². The number of benzene rings is 3. The monoisotopic (exact) mass is 436 g/mol. The van der Waals surface area contributed by atoms with Crippen molar-refractivity contribution in [2.45, 2.75) is 12.5 Å². The van der Waals surface area contributed by atoms with Crippen LogP contribution >= 0.6 is 23.2 Å². The van der Waals surface area contributed by atoms with Gasteiger partial charge in [0.05, 0.1) is 25.3 Å². The predicted molar refractivity (Wildman–Crippen MR) is 126 cm³/mol. The smallest absolute Gasteiger partial charge is 0.134 e. The van der Waals surface area contributed by atoms with Gasteiger partial charge in [0.15, 0.2) is 0 Å². The van der Waals surface area contributed by atoms with Crippen molar-refractivity contribution in [3.63, 3.8) is 0 Å². The minimum absolute atomic E-state index is 0.125. The lowest BCUT2D eigenvalue weighted by molar-refractivity contribution is 0.466. The lowest BCUT2D eigenvalue weighted by Gasteiger charge is -2.17. The molecule has 0 bridgehead atoms. The highest BCUT2D eigenvalue weighted by Gasteiger charge is 2.30. The molecule has 0 aliphatic carbocycles. The van der Waals surface area contributed by atoms with Crippen LogP contribution in [-0.4, -0.2) is 29.6 Å². The summed E-state index contributed by atoms with van der Waals surface area (Å²) in [7, 11) is 0. The van der Waals surface area contributed by atoms with E-state index in [0.29, 0.717) is 29.7 Å². The van der Waals surface area contributed by atoms with Gasteiger partial charge in [-0.15, -0.1) is 0 Å². The summed E-state index contributed by atoms with van der Waals surface area (Å²) in [5.74, 6) is 0.884. The summed E-state index contributed by atoms with van der Waals surface area (Å²) in [6.07, 6.45) is 0. The van der Waals surface area contributed by atoms with Crippen LogP contribution in [0.1, 0.15) is 22.6 Å². The SMILES string of the molecule is NC/C(=N\Cc1ccc(Cl)cc1)N1CC(c2ccccc2)C(c2ccc(Cl)cc2)=N1. The first-order valence-corrected chi connectivity index (χ1v) is 10.5. The summed E-state index contributed by atoms with van der Waals surface area (Å²) >= 11 is 12.1. The molecule has 0 spiro atoms. The van der Waals surface area contributed by atoms with Crippen molar-refractivity contribution in [1.82, 2.24) is 5.01 Å². The molecule has 0 fully saturated rings. The topological polar surface area (TPSA) is 54.0 Å². The Labute approximate surface area is 186 Å². The second kappa shape index (κ2) is 9.43. The highest BCUT2D eigenvalue weighted by atomic mass is 35.5. The molecule has 1 heterocycles. The van der Waals surface area contributed by atoms with E-state index in [1.807, 2.05) is 59.6 Å². The van der Waals surface area contributed by atoms with Gasteiger partial charge < -0.3 is 5.73 Å². The van der Waals surface area contributed by atoms with Crippen LogP contribution in [0.2, 0.25) is 10.0 Å². The highest BCUT2D eigenvalue weighted by Crippen LogP contribution is 2.29. The Morgan fingerprint density at radius 2 is 1.57 bits per heavy atom. The van der Waals surface area contributed by atoms with Gasteiger partial charge in [0.2, 0.25) is 0 Å². The number of hydrogen-bond donors (Lipinski definition) is 1. The maximum Gasteiger partial charge on any atom is 0.134 e. The summed E-state index contributed by atoms with van der Waals surface area (Å²) in [4.78, 5) is 4.74. The summed E-state index contributed by atoms with van der Waals surface area (Å²) in [6.45, 7) is 1.53. The molecule has 1 aliphatic heterocycles. The molecule has 4 nitrogen and oxygen atoms in total. The largest absolute Gasteiger partial charge is 0.324 e. The Kier molecular flexibility index (Phi) is 6.48. The lowest BCUT2D eigenvalue weighted by atomic mass is 9.91. The Morgan fingerprint density at radius 1 is 0.933 bits per heavy atom. The summed E-state index contributed by atoms with van der Waals surface area (Å²) in [6, 6.07) is 25.9. The molecule has 1 atom stereocenters. The van der Waals surface area contributed by atoms with Gasteiger partial charge in [-0.05, 0) is 41.0 Å². The average Bonchev–Trinajstić information content (AvgIpc) is 3.22. The third-order valence-electron chi connectivity index (χ3n) is 5.09. The van der Waals surface area contributed by atoms with Crippen molar-refractivity contribution in [3.8, 4) is 0 Å².